The van der Waals surface area contributed by atoms with Crippen molar-refractivity contribution in [2.75, 3.05) is 0 Å². The normalized spacial score (nSPS) is 12.4. The molecule has 0 amide bonds. The molecule has 0 fully saturated rings. The Bertz CT molecular complexity index is 447. The number of aliphatic hydroxyl groups excluding tert-OH is 1. The maximum atomic E-state index is 13.2. The summed E-state index contributed by atoms with van der Waals surface area (Å²) in [5, 5.41) is 9.85. The monoisotopic (exact) mass is 204 g/mol. The van der Waals surface area contributed by atoms with E-state index in [4.69, 9.17) is 0 Å². The molecular formula is C11H9FN2O. The fourth-order valence-electron chi connectivity index (χ4n) is 1.32. The van der Waals surface area contributed by atoms with Gasteiger partial charge < -0.3 is 5.11 Å². The van der Waals surface area contributed by atoms with E-state index in [1.54, 1.807) is 24.4 Å². The van der Waals surface area contributed by atoms with Gasteiger partial charge in [0.1, 0.15) is 6.10 Å². The molecule has 0 aromatic carbocycles. The fourth-order valence-corrected chi connectivity index (χ4v) is 1.32. The highest BCUT2D eigenvalue weighted by atomic mass is 19.1. The second-order valence-electron chi connectivity index (χ2n) is 3.07. The van der Waals surface area contributed by atoms with Gasteiger partial charge in [0.25, 0.3) is 0 Å². The van der Waals surface area contributed by atoms with Crippen LogP contribution in [-0.2, 0) is 0 Å². The van der Waals surface area contributed by atoms with Crippen molar-refractivity contribution in [3.05, 3.63) is 59.9 Å². The van der Waals surface area contributed by atoms with E-state index in [0.29, 0.717) is 5.56 Å². The largest absolute Gasteiger partial charge is 0.383 e. The minimum atomic E-state index is -1.02. The molecule has 2 aromatic heterocycles. The Labute approximate surface area is 86.3 Å². The molecule has 0 bridgehead atoms. The lowest BCUT2D eigenvalue weighted by Gasteiger charge is -2.10. The molecule has 2 heterocycles. The zero-order chi connectivity index (χ0) is 10.7. The minimum Gasteiger partial charge on any atom is -0.383 e. The Morgan fingerprint density at radius 3 is 2.67 bits per heavy atom. The average Bonchev–Trinajstić information content (AvgIpc) is 2.30. The molecule has 0 aliphatic rings. The Morgan fingerprint density at radius 1 is 1.20 bits per heavy atom. The Balaban J connectivity index is 2.37. The van der Waals surface area contributed by atoms with E-state index < -0.39 is 12.1 Å². The van der Waals surface area contributed by atoms with Crippen LogP contribution in [0.1, 0.15) is 17.2 Å². The van der Waals surface area contributed by atoms with Gasteiger partial charge in [-0.25, -0.2) is 4.98 Å². The molecule has 4 heteroatoms. The number of pyridine rings is 2. The molecule has 2 aromatic rings. The van der Waals surface area contributed by atoms with Crippen molar-refractivity contribution in [3.63, 3.8) is 0 Å². The third-order valence-electron chi connectivity index (χ3n) is 2.08. The van der Waals surface area contributed by atoms with Crippen LogP contribution in [0, 0.1) is 5.95 Å². The van der Waals surface area contributed by atoms with Crippen LogP contribution in [0.15, 0.2) is 42.9 Å². The summed E-state index contributed by atoms with van der Waals surface area (Å²) in [6, 6.07) is 6.45. The van der Waals surface area contributed by atoms with Crippen LogP contribution in [0.5, 0.6) is 0 Å². The number of hydrogen-bond donors (Lipinski definition) is 1. The lowest BCUT2D eigenvalue weighted by atomic mass is 10.1. The maximum absolute atomic E-state index is 13.2. The highest BCUT2D eigenvalue weighted by Crippen LogP contribution is 2.21. The lowest BCUT2D eigenvalue weighted by molar-refractivity contribution is 0.213. The number of rotatable bonds is 2. The molecule has 0 aliphatic carbocycles. The molecular weight excluding hydrogens is 195 g/mol. The van der Waals surface area contributed by atoms with Crippen molar-refractivity contribution < 1.29 is 9.50 Å². The summed E-state index contributed by atoms with van der Waals surface area (Å²) in [5.41, 5.74) is 0.704. The number of aromatic nitrogens is 2. The van der Waals surface area contributed by atoms with Crippen LogP contribution in [0.25, 0.3) is 0 Å². The van der Waals surface area contributed by atoms with Crippen LogP contribution in [0.3, 0.4) is 0 Å². The standard InChI is InChI=1S/C11H9FN2O/c12-11-9(4-2-6-14-11)10(15)8-3-1-5-13-7-8/h1-7,10,15H/t10-/m0/s1. The van der Waals surface area contributed by atoms with Gasteiger partial charge in [-0.2, -0.15) is 4.39 Å². The number of aliphatic hydroxyl groups is 1. The first-order valence-electron chi connectivity index (χ1n) is 4.47. The first-order valence-corrected chi connectivity index (χ1v) is 4.47. The lowest BCUT2D eigenvalue weighted by Crippen LogP contribution is -2.03. The third-order valence-corrected chi connectivity index (χ3v) is 2.08. The topological polar surface area (TPSA) is 46.0 Å². The van der Waals surface area contributed by atoms with E-state index in [0.717, 1.165) is 0 Å². The van der Waals surface area contributed by atoms with E-state index in [-0.39, 0.29) is 5.56 Å². The highest BCUT2D eigenvalue weighted by Gasteiger charge is 2.14. The first kappa shape index (κ1) is 9.73. The summed E-state index contributed by atoms with van der Waals surface area (Å²) in [5.74, 6) is -0.658. The Hall–Kier alpha value is -1.81. The summed E-state index contributed by atoms with van der Waals surface area (Å²) in [7, 11) is 0. The maximum Gasteiger partial charge on any atom is 0.218 e. The number of nitrogens with zero attached hydrogens (tertiary/aromatic N) is 2. The van der Waals surface area contributed by atoms with E-state index >= 15 is 0 Å². The van der Waals surface area contributed by atoms with Gasteiger partial charge in [-0.3, -0.25) is 4.98 Å². The molecule has 15 heavy (non-hydrogen) atoms. The van der Waals surface area contributed by atoms with Crippen molar-refractivity contribution in [3.8, 4) is 0 Å². The van der Waals surface area contributed by atoms with Crippen LogP contribution in [0.4, 0.5) is 4.39 Å². The van der Waals surface area contributed by atoms with Gasteiger partial charge in [-0.05, 0) is 18.2 Å². The summed E-state index contributed by atoms with van der Waals surface area (Å²) < 4.78 is 13.2. The average molecular weight is 204 g/mol. The van der Waals surface area contributed by atoms with E-state index in [9.17, 15) is 9.50 Å². The Kier molecular flexibility index (Phi) is 2.69. The second kappa shape index (κ2) is 4.14. The van der Waals surface area contributed by atoms with Crippen LogP contribution < -0.4 is 0 Å². The first-order chi connectivity index (χ1) is 7.29. The molecule has 0 unspecified atom stereocenters. The molecule has 1 atom stereocenters. The molecule has 3 nitrogen and oxygen atoms in total. The van der Waals surface area contributed by atoms with Gasteiger partial charge in [0.15, 0.2) is 0 Å². The van der Waals surface area contributed by atoms with Gasteiger partial charge in [-0.1, -0.05) is 6.07 Å². The molecule has 0 aliphatic heterocycles. The molecule has 0 spiro atoms. The van der Waals surface area contributed by atoms with Crippen molar-refractivity contribution in [1.82, 2.24) is 9.97 Å². The van der Waals surface area contributed by atoms with Crippen molar-refractivity contribution in [2.24, 2.45) is 0 Å². The molecule has 1 N–H and O–H groups in total. The summed E-state index contributed by atoms with van der Waals surface area (Å²) in [4.78, 5) is 7.34. The molecule has 2 rings (SSSR count). The minimum absolute atomic E-state index is 0.158. The predicted molar refractivity (Wildman–Crippen MR) is 52.5 cm³/mol. The zero-order valence-electron chi connectivity index (χ0n) is 7.84. The SMILES string of the molecule is O[C@@H](c1cccnc1)c1cccnc1F. The number of halogens is 1. The van der Waals surface area contributed by atoms with Gasteiger partial charge in [0, 0.05) is 29.7 Å². The van der Waals surface area contributed by atoms with Gasteiger partial charge in [0.2, 0.25) is 5.95 Å². The van der Waals surface area contributed by atoms with Crippen molar-refractivity contribution in [2.45, 2.75) is 6.10 Å². The fraction of sp³-hybridized carbons (Fsp3) is 0.0909. The summed E-state index contributed by atoms with van der Waals surface area (Å²) in [6.07, 6.45) is 3.41. The Morgan fingerprint density at radius 2 is 2.00 bits per heavy atom. The quantitative estimate of drug-likeness (QED) is 0.757. The van der Waals surface area contributed by atoms with Crippen molar-refractivity contribution >= 4 is 0 Å². The number of hydrogen-bond acceptors (Lipinski definition) is 3. The molecule has 0 saturated heterocycles. The zero-order valence-corrected chi connectivity index (χ0v) is 7.84. The highest BCUT2D eigenvalue weighted by molar-refractivity contribution is 5.26. The van der Waals surface area contributed by atoms with E-state index in [2.05, 4.69) is 9.97 Å². The molecule has 0 saturated carbocycles. The van der Waals surface area contributed by atoms with Gasteiger partial charge >= 0.3 is 0 Å². The summed E-state index contributed by atoms with van der Waals surface area (Å²) in [6.45, 7) is 0. The predicted octanol–water partition coefficient (Wildman–Crippen LogP) is 1.70. The third kappa shape index (κ3) is 1.99. The van der Waals surface area contributed by atoms with Crippen molar-refractivity contribution in [1.29, 1.82) is 0 Å². The van der Waals surface area contributed by atoms with Crippen LogP contribution in [0.2, 0.25) is 0 Å². The van der Waals surface area contributed by atoms with Gasteiger partial charge in [0.05, 0.1) is 0 Å². The van der Waals surface area contributed by atoms with E-state index in [1.165, 1.54) is 18.5 Å². The molecule has 76 valence electrons. The smallest absolute Gasteiger partial charge is 0.218 e. The van der Waals surface area contributed by atoms with Gasteiger partial charge in [-0.15, -0.1) is 0 Å². The van der Waals surface area contributed by atoms with Crippen LogP contribution in [-0.4, -0.2) is 15.1 Å². The second-order valence-corrected chi connectivity index (χ2v) is 3.07. The van der Waals surface area contributed by atoms with Crippen LogP contribution >= 0.6 is 0 Å². The van der Waals surface area contributed by atoms with E-state index in [1.807, 2.05) is 0 Å². The molecule has 0 radical (unpaired) electrons. The summed E-state index contributed by atoms with van der Waals surface area (Å²) >= 11 is 0.